The molecule has 1 heteroatoms. The minimum atomic E-state index is 0.187. The molecule has 0 aliphatic carbocycles. The van der Waals surface area contributed by atoms with Crippen molar-refractivity contribution in [3.05, 3.63) is 47.5 Å². The van der Waals surface area contributed by atoms with Gasteiger partial charge >= 0.3 is 0 Å². The van der Waals surface area contributed by atoms with Crippen molar-refractivity contribution in [2.45, 2.75) is 52.4 Å². The van der Waals surface area contributed by atoms with Crippen molar-refractivity contribution in [1.29, 1.82) is 0 Å². The van der Waals surface area contributed by atoms with Crippen LogP contribution in [-0.4, -0.2) is 4.98 Å². The van der Waals surface area contributed by atoms with E-state index in [1.165, 1.54) is 39.4 Å². The van der Waals surface area contributed by atoms with Gasteiger partial charge in [-0.05, 0) is 53.1 Å². The molecule has 0 radical (unpaired) electrons. The second-order valence-electron chi connectivity index (χ2n) is 7.25. The van der Waals surface area contributed by atoms with Crippen LogP contribution in [0.25, 0.3) is 21.8 Å². The Labute approximate surface area is 127 Å². The van der Waals surface area contributed by atoms with Gasteiger partial charge in [0.05, 0.1) is 0 Å². The van der Waals surface area contributed by atoms with Crippen LogP contribution < -0.4 is 0 Å². The van der Waals surface area contributed by atoms with Crippen molar-refractivity contribution < 1.29 is 0 Å². The van der Waals surface area contributed by atoms with Crippen LogP contribution in [0.4, 0.5) is 0 Å². The minimum Gasteiger partial charge on any atom is -0.355 e. The summed E-state index contributed by atoms with van der Waals surface area (Å²) in [4.78, 5) is 3.54. The monoisotopic (exact) mass is 279 g/mol. The van der Waals surface area contributed by atoms with E-state index < -0.39 is 0 Å². The van der Waals surface area contributed by atoms with Gasteiger partial charge in [0.1, 0.15) is 0 Å². The molecule has 0 aliphatic heterocycles. The summed E-state index contributed by atoms with van der Waals surface area (Å²) >= 11 is 0. The van der Waals surface area contributed by atoms with E-state index in [1.54, 1.807) is 0 Å². The Balaban J connectivity index is 2.26. The second kappa shape index (κ2) is 4.91. The summed E-state index contributed by atoms with van der Waals surface area (Å²) in [5, 5.41) is 2.71. The van der Waals surface area contributed by atoms with Crippen LogP contribution in [0.5, 0.6) is 0 Å². The highest BCUT2D eigenvalue weighted by Crippen LogP contribution is 2.32. The lowest BCUT2D eigenvalue weighted by Crippen LogP contribution is -2.10. The molecule has 2 aromatic carbocycles. The summed E-state index contributed by atoms with van der Waals surface area (Å²) in [6.07, 6.45) is 1.18. The van der Waals surface area contributed by atoms with Crippen molar-refractivity contribution in [1.82, 2.24) is 4.98 Å². The molecule has 110 valence electrons. The molecule has 0 amide bonds. The van der Waals surface area contributed by atoms with Gasteiger partial charge in [-0.3, -0.25) is 0 Å². The summed E-state index contributed by atoms with van der Waals surface area (Å²) in [6.45, 7) is 11.4. The fourth-order valence-corrected chi connectivity index (χ4v) is 2.92. The Bertz CT molecular complexity index is 787. The first-order chi connectivity index (χ1) is 9.90. The lowest BCUT2D eigenvalue weighted by Gasteiger charge is -2.18. The number of nitrogens with one attached hydrogen (secondary N) is 1. The quantitative estimate of drug-likeness (QED) is 0.580. The van der Waals surface area contributed by atoms with Gasteiger partial charge in [-0.1, -0.05) is 46.8 Å². The predicted octanol–water partition coefficient (Wildman–Crippen LogP) is 6.13. The molecule has 1 N–H and O–H groups in total. The van der Waals surface area contributed by atoms with E-state index in [4.69, 9.17) is 0 Å². The van der Waals surface area contributed by atoms with Gasteiger partial charge < -0.3 is 4.98 Å². The number of H-pyrrole nitrogens is 1. The maximum atomic E-state index is 3.54. The lowest BCUT2D eigenvalue weighted by atomic mass is 9.86. The molecule has 0 aliphatic rings. The zero-order valence-corrected chi connectivity index (χ0v) is 13.7. The van der Waals surface area contributed by atoms with E-state index in [1.807, 2.05) is 0 Å². The van der Waals surface area contributed by atoms with Gasteiger partial charge in [-0.15, -0.1) is 0 Å². The van der Waals surface area contributed by atoms with Gasteiger partial charge in [0.25, 0.3) is 0 Å². The van der Waals surface area contributed by atoms with Crippen LogP contribution in [0, 0.1) is 0 Å². The van der Waals surface area contributed by atoms with Crippen molar-refractivity contribution >= 4 is 21.8 Å². The van der Waals surface area contributed by atoms with Crippen LogP contribution in [0.3, 0.4) is 0 Å². The number of hydrogen-bond acceptors (Lipinski definition) is 0. The fraction of sp³-hybridized carbons (Fsp3) is 0.400. The molecule has 1 aromatic heterocycles. The summed E-state index contributed by atoms with van der Waals surface area (Å²) < 4.78 is 0. The van der Waals surface area contributed by atoms with Crippen molar-refractivity contribution in [2.75, 3.05) is 0 Å². The second-order valence-corrected chi connectivity index (χ2v) is 7.25. The Kier molecular flexibility index (Phi) is 3.32. The van der Waals surface area contributed by atoms with Crippen LogP contribution >= 0.6 is 0 Å². The first-order valence-electron chi connectivity index (χ1n) is 7.96. The lowest BCUT2D eigenvalue weighted by molar-refractivity contribution is 0.591. The van der Waals surface area contributed by atoms with Gasteiger partial charge in [0, 0.05) is 21.8 Å². The normalized spacial score (nSPS) is 14.0. The zero-order chi connectivity index (χ0) is 15.2. The van der Waals surface area contributed by atoms with Crippen molar-refractivity contribution in [3.8, 4) is 0 Å². The molecule has 0 fully saturated rings. The van der Waals surface area contributed by atoms with Crippen LogP contribution in [0.15, 0.2) is 36.4 Å². The fourth-order valence-electron chi connectivity index (χ4n) is 2.92. The van der Waals surface area contributed by atoms with Crippen molar-refractivity contribution in [3.63, 3.8) is 0 Å². The molecule has 1 nitrogen and oxygen atoms in total. The Morgan fingerprint density at radius 2 is 1.57 bits per heavy atom. The largest absolute Gasteiger partial charge is 0.355 e. The Hall–Kier alpha value is -1.76. The molecule has 0 spiro atoms. The SMILES string of the molecule is CCC(C)c1ccc2[nH]c3ccc(C(C)(C)C)cc3c2c1. The highest BCUT2D eigenvalue weighted by atomic mass is 14.7. The number of aromatic amines is 1. The molecule has 0 saturated carbocycles. The molecule has 1 unspecified atom stereocenters. The molecular weight excluding hydrogens is 254 g/mol. The molecule has 0 bridgehead atoms. The minimum absolute atomic E-state index is 0.187. The molecule has 3 rings (SSSR count). The number of rotatable bonds is 2. The molecule has 1 heterocycles. The molecule has 1 atom stereocenters. The molecule has 21 heavy (non-hydrogen) atoms. The highest BCUT2D eigenvalue weighted by Gasteiger charge is 2.15. The zero-order valence-electron chi connectivity index (χ0n) is 13.7. The standard InChI is InChI=1S/C20H25N/c1-6-13(2)14-7-9-18-16(11-14)17-12-15(20(3,4)5)8-10-19(17)21-18/h7-13,21H,6H2,1-5H3. The van der Waals surface area contributed by atoms with Crippen LogP contribution in [0.2, 0.25) is 0 Å². The van der Waals surface area contributed by atoms with Crippen LogP contribution in [-0.2, 0) is 5.41 Å². The van der Waals surface area contributed by atoms with E-state index in [-0.39, 0.29) is 5.41 Å². The first-order valence-corrected chi connectivity index (χ1v) is 7.96. The van der Waals surface area contributed by atoms with E-state index in [0.29, 0.717) is 5.92 Å². The van der Waals surface area contributed by atoms with Crippen molar-refractivity contribution in [2.24, 2.45) is 0 Å². The van der Waals surface area contributed by atoms with Gasteiger partial charge in [0.15, 0.2) is 0 Å². The third-order valence-corrected chi connectivity index (χ3v) is 4.67. The topological polar surface area (TPSA) is 15.8 Å². The van der Waals surface area contributed by atoms with E-state index >= 15 is 0 Å². The maximum Gasteiger partial charge on any atom is 0.0465 e. The summed E-state index contributed by atoms with van der Waals surface area (Å²) in [7, 11) is 0. The van der Waals surface area contributed by atoms with Gasteiger partial charge in [-0.25, -0.2) is 0 Å². The number of aromatic nitrogens is 1. The average Bonchev–Trinajstić information content (AvgIpc) is 2.82. The molecule has 0 saturated heterocycles. The van der Waals surface area contributed by atoms with E-state index in [2.05, 4.69) is 76.0 Å². The average molecular weight is 279 g/mol. The number of fused-ring (bicyclic) bond motifs is 3. The molecular formula is C20H25N. The smallest absolute Gasteiger partial charge is 0.0465 e. The summed E-state index contributed by atoms with van der Waals surface area (Å²) in [5.41, 5.74) is 5.49. The molecule has 3 aromatic rings. The Morgan fingerprint density at radius 3 is 2.19 bits per heavy atom. The van der Waals surface area contributed by atoms with Gasteiger partial charge in [0.2, 0.25) is 0 Å². The van der Waals surface area contributed by atoms with E-state index in [0.717, 1.165) is 0 Å². The summed E-state index contributed by atoms with van der Waals surface area (Å²) in [6, 6.07) is 13.7. The summed E-state index contributed by atoms with van der Waals surface area (Å²) in [5.74, 6) is 0.616. The third kappa shape index (κ3) is 2.46. The first kappa shape index (κ1) is 14.2. The number of benzene rings is 2. The van der Waals surface area contributed by atoms with E-state index in [9.17, 15) is 0 Å². The number of hydrogen-bond donors (Lipinski definition) is 1. The maximum absolute atomic E-state index is 3.54. The Morgan fingerprint density at radius 1 is 0.952 bits per heavy atom. The van der Waals surface area contributed by atoms with Crippen LogP contribution in [0.1, 0.15) is 58.1 Å². The predicted molar refractivity (Wildman–Crippen MR) is 93.2 cm³/mol. The highest BCUT2D eigenvalue weighted by molar-refractivity contribution is 6.07. The third-order valence-electron chi connectivity index (χ3n) is 4.67. The van der Waals surface area contributed by atoms with Gasteiger partial charge in [-0.2, -0.15) is 0 Å².